The molecule has 1 aliphatic rings. The van der Waals surface area contributed by atoms with E-state index in [1.165, 1.54) is 18.2 Å². The van der Waals surface area contributed by atoms with Crippen LogP contribution in [0, 0.1) is 17.6 Å². The first-order valence-electron chi connectivity index (χ1n) is 7.68. The number of ether oxygens (including phenoxy) is 2. The Hall–Kier alpha value is -2.28. The molecule has 0 N–H and O–H groups in total. The third kappa shape index (κ3) is 3.04. The minimum atomic E-state index is -2.07. The van der Waals surface area contributed by atoms with E-state index in [1.54, 1.807) is 6.07 Å². The molecule has 130 valence electrons. The topological polar surface area (TPSA) is 18.5 Å². The third-order valence-electron chi connectivity index (χ3n) is 4.06. The summed E-state index contributed by atoms with van der Waals surface area (Å²) in [4.78, 5) is 0. The largest absolute Gasteiger partial charge is 0.490 e. The summed E-state index contributed by atoms with van der Waals surface area (Å²) in [5.41, 5.74) is 0. The van der Waals surface area contributed by atoms with E-state index in [9.17, 15) is 17.6 Å². The Kier molecular flexibility index (Phi) is 4.03. The molecule has 0 amide bonds. The van der Waals surface area contributed by atoms with Crippen LogP contribution >= 0.6 is 11.3 Å². The molecular formula is C18H12F4O2S. The van der Waals surface area contributed by atoms with Gasteiger partial charge in [-0.1, -0.05) is 0 Å². The molecule has 0 radical (unpaired) electrons. The number of hydrogen-bond donors (Lipinski definition) is 0. The Morgan fingerprint density at radius 1 is 1.00 bits per heavy atom. The van der Waals surface area contributed by atoms with Crippen LogP contribution in [0.4, 0.5) is 17.6 Å². The van der Waals surface area contributed by atoms with Gasteiger partial charge in [0.2, 0.25) is 0 Å². The van der Waals surface area contributed by atoms with Crippen molar-refractivity contribution in [1.29, 1.82) is 0 Å². The average Bonchev–Trinajstić information content (AvgIpc) is 3.33. The van der Waals surface area contributed by atoms with Gasteiger partial charge >= 0.3 is 6.08 Å². The number of halogens is 4. The molecule has 4 rings (SSSR count). The van der Waals surface area contributed by atoms with E-state index in [4.69, 9.17) is 4.74 Å². The molecule has 0 bridgehead atoms. The second kappa shape index (κ2) is 6.22. The lowest BCUT2D eigenvalue weighted by Gasteiger charge is -2.06. The molecule has 1 aliphatic carbocycles. The van der Waals surface area contributed by atoms with E-state index < -0.39 is 17.7 Å². The van der Waals surface area contributed by atoms with E-state index in [0.29, 0.717) is 23.3 Å². The quantitative estimate of drug-likeness (QED) is 0.392. The van der Waals surface area contributed by atoms with Gasteiger partial charge in [-0.15, -0.1) is 11.3 Å². The highest BCUT2D eigenvalue weighted by Gasteiger charge is 2.23. The monoisotopic (exact) mass is 368 g/mol. The van der Waals surface area contributed by atoms with Crippen molar-refractivity contribution < 1.29 is 27.0 Å². The Morgan fingerprint density at radius 2 is 1.60 bits per heavy atom. The van der Waals surface area contributed by atoms with Crippen LogP contribution in [0.5, 0.6) is 11.5 Å². The molecule has 1 heterocycles. The highest BCUT2D eigenvalue weighted by molar-refractivity contribution is 7.25. The summed E-state index contributed by atoms with van der Waals surface area (Å²) in [6, 6.07) is 6.00. The number of rotatable bonds is 5. The van der Waals surface area contributed by atoms with Gasteiger partial charge in [-0.25, -0.2) is 8.78 Å². The van der Waals surface area contributed by atoms with E-state index in [0.717, 1.165) is 24.2 Å². The van der Waals surface area contributed by atoms with Gasteiger partial charge in [-0.05, 0) is 43.0 Å². The van der Waals surface area contributed by atoms with Gasteiger partial charge in [0.15, 0.2) is 29.4 Å². The molecule has 0 spiro atoms. The standard InChI is InChI=1S/C18H12F4O2S/c19-14(20)8-24-13-6-4-11-10-3-5-12(23-7-9-1-2-9)15(21)17(10)25-18(11)16(13)22/h3-6,8-9H,1-2,7H2. The minimum absolute atomic E-state index is 0.144. The molecule has 0 aliphatic heterocycles. The Balaban J connectivity index is 1.78. The van der Waals surface area contributed by atoms with Crippen molar-refractivity contribution in [3.05, 3.63) is 48.2 Å². The highest BCUT2D eigenvalue weighted by atomic mass is 32.1. The Bertz CT molecular complexity index is 988. The first-order valence-corrected chi connectivity index (χ1v) is 8.50. The predicted molar refractivity (Wildman–Crippen MR) is 88.4 cm³/mol. The molecule has 2 aromatic carbocycles. The summed E-state index contributed by atoms with van der Waals surface area (Å²) in [5.74, 6) is -1.03. The summed E-state index contributed by atoms with van der Waals surface area (Å²) >= 11 is 0.909. The van der Waals surface area contributed by atoms with Crippen LogP contribution in [0.3, 0.4) is 0 Å². The Labute approximate surface area is 144 Å². The van der Waals surface area contributed by atoms with Crippen LogP contribution in [-0.4, -0.2) is 6.61 Å². The zero-order valence-corrected chi connectivity index (χ0v) is 13.6. The molecular weight excluding hydrogens is 356 g/mol. The summed E-state index contributed by atoms with van der Waals surface area (Å²) in [6.07, 6.45) is 0.282. The second-order valence-corrected chi connectivity index (χ2v) is 6.91. The molecule has 0 atom stereocenters. The highest BCUT2D eigenvalue weighted by Crippen LogP contribution is 2.42. The molecule has 25 heavy (non-hydrogen) atoms. The van der Waals surface area contributed by atoms with Gasteiger partial charge in [-0.3, -0.25) is 0 Å². The van der Waals surface area contributed by atoms with Crippen molar-refractivity contribution in [2.45, 2.75) is 12.8 Å². The van der Waals surface area contributed by atoms with Crippen LogP contribution in [0.25, 0.3) is 20.2 Å². The second-order valence-electron chi connectivity index (χ2n) is 5.89. The van der Waals surface area contributed by atoms with Crippen LogP contribution in [0.2, 0.25) is 0 Å². The van der Waals surface area contributed by atoms with Crippen molar-refractivity contribution in [2.24, 2.45) is 5.92 Å². The van der Waals surface area contributed by atoms with Gasteiger partial charge in [0, 0.05) is 10.8 Å². The number of benzene rings is 2. The summed E-state index contributed by atoms with van der Waals surface area (Å²) in [6.45, 7) is 0.473. The van der Waals surface area contributed by atoms with Gasteiger partial charge < -0.3 is 9.47 Å². The maximum atomic E-state index is 14.7. The normalized spacial score (nSPS) is 14.1. The van der Waals surface area contributed by atoms with E-state index in [-0.39, 0.29) is 27.2 Å². The van der Waals surface area contributed by atoms with Gasteiger partial charge in [0.1, 0.15) is 0 Å². The Morgan fingerprint density at radius 3 is 2.20 bits per heavy atom. The number of fused-ring (bicyclic) bond motifs is 3. The molecule has 7 heteroatoms. The smallest absolute Gasteiger partial charge is 0.305 e. The summed E-state index contributed by atoms with van der Waals surface area (Å²) < 4.78 is 64.0. The van der Waals surface area contributed by atoms with Crippen molar-refractivity contribution in [1.82, 2.24) is 0 Å². The molecule has 1 aromatic heterocycles. The average molecular weight is 368 g/mol. The SMILES string of the molecule is FC(F)=COc1ccc2c(sc3c(F)c(OCC4CC4)ccc32)c1F. The van der Waals surface area contributed by atoms with Crippen molar-refractivity contribution >= 4 is 31.5 Å². The lowest BCUT2D eigenvalue weighted by atomic mass is 10.1. The summed E-state index contributed by atoms with van der Waals surface area (Å²) in [7, 11) is 0. The number of thiophene rings is 1. The van der Waals surface area contributed by atoms with Crippen molar-refractivity contribution in [3.8, 4) is 11.5 Å². The maximum absolute atomic E-state index is 14.7. The zero-order chi connectivity index (χ0) is 17.6. The fraction of sp³-hybridized carbons (Fsp3) is 0.222. The summed E-state index contributed by atoms with van der Waals surface area (Å²) in [5, 5.41) is 1.05. The molecule has 2 nitrogen and oxygen atoms in total. The lowest BCUT2D eigenvalue weighted by molar-refractivity contribution is 0.286. The fourth-order valence-corrected chi connectivity index (χ4v) is 3.76. The lowest BCUT2D eigenvalue weighted by Crippen LogP contribution is -2.00. The molecule has 0 unspecified atom stereocenters. The minimum Gasteiger partial charge on any atom is -0.490 e. The van der Waals surface area contributed by atoms with E-state index >= 15 is 0 Å². The van der Waals surface area contributed by atoms with Gasteiger partial charge in [0.25, 0.3) is 0 Å². The third-order valence-corrected chi connectivity index (χ3v) is 5.27. The fourth-order valence-electron chi connectivity index (χ4n) is 2.60. The van der Waals surface area contributed by atoms with Crippen LogP contribution in [0.1, 0.15) is 12.8 Å². The van der Waals surface area contributed by atoms with Crippen LogP contribution < -0.4 is 9.47 Å². The first kappa shape index (κ1) is 16.2. The molecule has 3 aromatic rings. The van der Waals surface area contributed by atoms with Gasteiger partial charge in [-0.2, -0.15) is 8.78 Å². The first-order chi connectivity index (χ1) is 12.0. The van der Waals surface area contributed by atoms with Crippen LogP contribution in [-0.2, 0) is 0 Å². The van der Waals surface area contributed by atoms with Crippen molar-refractivity contribution in [2.75, 3.05) is 6.61 Å². The molecule has 0 saturated heterocycles. The molecule has 1 saturated carbocycles. The van der Waals surface area contributed by atoms with E-state index in [1.807, 2.05) is 0 Å². The van der Waals surface area contributed by atoms with E-state index in [2.05, 4.69) is 4.74 Å². The zero-order valence-electron chi connectivity index (χ0n) is 12.8. The van der Waals surface area contributed by atoms with Crippen molar-refractivity contribution in [3.63, 3.8) is 0 Å². The predicted octanol–water partition coefficient (Wildman–Crippen LogP) is 6.24. The maximum Gasteiger partial charge on any atom is 0.305 e. The van der Waals surface area contributed by atoms with Crippen LogP contribution in [0.15, 0.2) is 36.6 Å². The molecule has 1 fully saturated rings. The van der Waals surface area contributed by atoms with Gasteiger partial charge in [0.05, 0.1) is 16.0 Å². The number of hydrogen-bond acceptors (Lipinski definition) is 3.